The number of fused-ring (bicyclic) bond motifs is 1. The number of hydrogen-bond acceptors (Lipinski definition) is 5. The van der Waals surface area contributed by atoms with Crippen molar-refractivity contribution >= 4 is 5.65 Å². The van der Waals surface area contributed by atoms with Gasteiger partial charge < -0.3 is 0 Å². The van der Waals surface area contributed by atoms with Crippen LogP contribution in [0.2, 0.25) is 0 Å². The second-order valence-electron chi connectivity index (χ2n) is 6.65. The molecule has 0 N–H and O–H groups in total. The first kappa shape index (κ1) is 15.2. The van der Waals surface area contributed by atoms with Gasteiger partial charge in [-0.2, -0.15) is 5.10 Å². The Bertz CT molecular complexity index is 841. The van der Waals surface area contributed by atoms with Gasteiger partial charge in [0.1, 0.15) is 0 Å². The van der Waals surface area contributed by atoms with Crippen LogP contribution >= 0.6 is 0 Å². The molecule has 0 amide bonds. The van der Waals surface area contributed by atoms with Gasteiger partial charge in [-0.05, 0) is 39.3 Å². The molecule has 3 aromatic heterocycles. The van der Waals surface area contributed by atoms with Crippen LogP contribution in [0.5, 0.6) is 0 Å². The second kappa shape index (κ2) is 6.28. The van der Waals surface area contributed by atoms with E-state index in [-0.39, 0.29) is 0 Å². The molecule has 1 aliphatic rings. The van der Waals surface area contributed by atoms with Crippen LogP contribution in [0.3, 0.4) is 0 Å². The first-order chi connectivity index (χ1) is 11.7. The number of aryl methyl sites for hydroxylation is 2. The van der Waals surface area contributed by atoms with Crippen LogP contribution < -0.4 is 0 Å². The molecule has 6 heteroatoms. The van der Waals surface area contributed by atoms with Gasteiger partial charge in [-0.1, -0.05) is 0 Å². The average Bonchev–Trinajstić information content (AvgIpc) is 2.99. The van der Waals surface area contributed by atoms with Gasteiger partial charge in [0.15, 0.2) is 5.65 Å². The first-order valence-corrected chi connectivity index (χ1v) is 8.50. The molecule has 24 heavy (non-hydrogen) atoms. The lowest BCUT2D eigenvalue weighted by molar-refractivity contribution is 0.199. The van der Waals surface area contributed by atoms with Crippen LogP contribution in [0.4, 0.5) is 0 Å². The summed E-state index contributed by atoms with van der Waals surface area (Å²) in [5, 5.41) is 4.51. The Hall–Kier alpha value is -2.34. The molecule has 6 nitrogen and oxygen atoms in total. The molecule has 4 heterocycles. The molecule has 0 aliphatic carbocycles. The minimum Gasteiger partial charge on any atom is -0.298 e. The number of aromatic nitrogens is 5. The van der Waals surface area contributed by atoms with Gasteiger partial charge in [-0.25, -0.2) is 9.50 Å². The third kappa shape index (κ3) is 2.89. The Morgan fingerprint density at radius 2 is 2.12 bits per heavy atom. The van der Waals surface area contributed by atoms with E-state index in [0.717, 1.165) is 42.4 Å². The zero-order valence-corrected chi connectivity index (χ0v) is 14.2. The topological polar surface area (TPSA) is 59.2 Å². The molecule has 1 fully saturated rings. The number of nitrogens with zero attached hydrogens (tertiary/aromatic N) is 6. The van der Waals surface area contributed by atoms with E-state index in [4.69, 9.17) is 4.98 Å². The molecular formula is C18H22N6. The van der Waals surface area contributed by atoms with Gasteiger partial charge in [0.05, 0.1) is 11.9 Å². The molecule has 1 saturated heterocycles. The van der Waals surface area contributed by atoms with Crippen LogP contribution in [0, 0.1) is 13.8 Å². The molecule has 0 unspecified atom stereocenters. The molecule has 3 aromatic rings. The quantitative estimate of drug-likeness (QED) is 0.741. The number of likely N-dealkylation sites (tertiary alicyclic amines) is 1. The summed E-state index contributed by atoms with van der Waals surface area (Å²) in [6.07, 6.45) is 9.75. The van der Waals surface area contributed by atoms with E-state index in [1.807, 2.05) is 23.8 Å². The minimum absolute atomic E-state index is 0.464. The van der Waals surface area contributed by atoms with E-state index in [1.54, 1.807) is 12.4 Å². The van der Waals surface area contributed by atoms with E-state index >= 15 is 0 Å². The monoisotopic (exact) mass is 322 g/mol. The van der Waals surface area contributed by atoms with Crippen LogP contribution in [0.15, 0.2) is 30.9 Å². The second-order valence-corrected chi connectivity index (χ2v) is 6.65. The zero-order valence-electron chi connectivity index (χ0n) is 14.2. The van der Waals surface area contributed by atoms with Crippen molar-refractivity contribution in [2.45, 2.75) is 39.2 Å². The lowest BCUT2D eigenvalue weighted by Crippen LogP contribution is -2.34. The maximum absolute atomic E-state index is 4.69. The molecule has 4 rings (SSSR count). The Kier molecular flexibility index (Phi) is 3.98. The zero-order chi connectivity index (χ0) is 16.5. The average molecular weight is 322 g/mol. The summed E-state index contributed by atoms with van der Waals surface area (Å²) in [6, 6.07) is 2.06. The van der Waals surface area contributed by atoms with Gasteiger partial charge in [0.25, 0.3) is 0 Å². The Morgan fingerprint density at radius 1 is 1.21 bits per heavy atom. The van der Waals surface area contributed by atoms with Crippen molar-refractivity contribution in [2.24, 2.45) is 0 Å². The van der Waals surface area contributed by atoms with E-state index in [9.17, 15) is 0 Å². The highest BCUT2D eigenvalue weighted by Crippen LogP contribution is 2.26. The van der Waals surface area contributed by atoms with E-state index < -0.39 is 0 Å². The fourth-order valence-corrected chi connectivity index (χ4v) is 3.63. The van der Waals surface area contributed by atoms with Gasteiger partial charge in [0.2, 0.25) is 0 Å². The van der Waals surface area contributed by atoms with Gasteiger partial charge in [0, 0.05) is 54.5 Å². The maximum Gasteiger partial charge on any atom is 0.159 e. The molecule has 0 radical (unpaired) electrons. The Balaban J connectivity index is 1.55. The molecule has 0 spiro atoms. The Morgan fingerprint density at radius 3 is 2.96 bits per heavy atom. The fraction of sp³-hybridized carbons (Fsp3) is 0.444. The molecular weight excluding hydrogens is 300 g/mol. The van der Waals surface area contributed by atoms with E-state index in [1.165, 1.54) is 18.4 Å². The molecule has 1 atom stereocenters. The van der Waals surface area contributed by atoms with Crippen molar-refractivity contribution in [3.8, 4) is 0 Å². The lowest BCUT2D eigenvalue weighted by atomic mass is 9.95. The summed E-state index contributed by atoms with van der Waals surface area (Å²) in [7, 11) is 0. The predicted molar refractivity (Wildman–Crippen MR) is 91.7 cm³/mol. The standard InChI is InChI=1S/C18H22N6/c1-13-8-14(2)24-18(22-13)16(9-21-24)12-23-7-3-4-15(11-23)17-10-19-5-6-20-17/h5-6,8-10,15H,3-4,7,11-12H2,1-2H3/t15-/m0/s1. The highest BCUT2D eigenvalue weighted by Gasteiger charge is 2.23. The third-order valence-electron chi connectivity index (χ3n) is 4.75. The SMILES string of the molecule is Cc1cc(C)n2ncc(CN3CCC[C@H](c4cnccn4)C3)c2n1. The fourth-order valence-electron chi connectivity index (χ4n) is 3.63. The van der Waals surface area contributed by atoms with E-state index in [2.05, 4.69) is 33.0 Å². The summed E-state index contributed by atoms with van der Waals surface area (Å²) < 4.78 is 1.94. The van der Waals surface area contributed by atoms with Crippen molar-refractivity contribution in [2.75, 3.05) is 13.1 Å². The summed E-state index contributed by atoms with van der Waals surface area (Å²) in [6.45, 7) is 7.12. The van der Waals surface area contributed by atoms with Crippen LogP contribution in [0.25, 0.3) is 5.65 Å². The van der Waals surface area contributed by atoms with Crippen molar-refractivity contribution in [1.82, 2.24) is 29.5 Å². The first-order valence-electron chi connectivity index (χ1n) is 8.50. The predicted octanol–water partition coefficient (Wildman–Crippen LogP) is 2.52. The maximum atomic E-state index is 4.69. The number of hydrogen-bond donors (Lipinski definition) is 0. The summed E-state index contributed by atoms with van der Waals surface area (Å²) in [4.78, 5) is 15.9. The van der Waals surface area contributed by atoms with Crippen LogP contribution in [0.1, 0.15) is 41.4 Å². The van der Waals surface area contributed by atoms with Crippen LogP contribution in [-0.2, 0) is 6.54 Å². The lowest BCUT2D eigenvalue weighted by Gasteiger charge is -2.32. The van der Waals surface area contributed by atoms with E-state index in [0.29, 0.717) is 5.92 Å². The van der Waals surface area contributed by atoms with Crippen molar-refractivity contribution in [3.05, 3.63) is 53.5 Å². The highest BCUT2D eigenvalue weighted by atomic mass is 15.3. The normalized spacial score (nSPS) is 19.0. The number of rotatable bonds is 3. The molecule has 1 aliphatic heterocycles. The largest absolute Gasteiger partial charge is 0.298 e. The van der Waals surface area contributed by atoms with Crippen molar-refractivity contribution < 1.29 is 0 Å². The van der Waals surface area contributed by atoms with Crippen molar-refractivity contribution in [1.29, 1.82) is 0 Å². The summed E-state index contributed by atoms with van der Waals surface area (Å²) >= 11 is 0. The van der Waals surface area contributed by atoms with Crippen molar-refractivity contribution in [3.63, 3.8) is 0 Å². The van der Waals surface area contributed by atoms with Gasteiger partial charge in [-0.15, -0.1) is 0 Å². The van der Waals surface area contributed by atoms with Crippen LogP contribution in [-0.4, -0.2) is 42.6 Å². The number of piperidine rings is 1. The highest BCUT2D eigenvalue weighted by molar-refractivity contribution is 5.47. The minimum atomic E-state index is 0.464. The molecule has 0 bridgehead atoms. The smallest absolute Gasteiger partial charge is 0.159 e. The molecule has 0 aromatic carbocycles. The molecule has 124 valence electrons. The van der Waals surface area contributed by atoms with Gasteiger partial charge in [-0.3, -0.25) is 14.9 Å². The van der Waals surface area contributed by atoms with Gasteiger partial charge >= 0.3 is 0 Å². The summed E-state index contributed by atoms with van der Waals surface area (Å²) in [5.41, 5.74) is 5.44. The molecule has 0 saturated carbocycles. The Labute approximate surface area is 141 Å². The summed E-state index contributed by atoms with van der Waals surface area (Å²) in [5.74, 6) is 0.464. The third-order valence-corrected chi connectivity index (χ3v) is 4.75.